The van der Waals surface area contributed by atoms with Gasteiger partial charge < -0.3 is 10.4 Å². The topological polar surface area (TPSA) is 118 Å². The maximum absolute atomic E-state index is 11.1. The number of rotatable bonds is 6. The molecule has 2 aromatic rings. The zero-order valence-electron chi connectivity index (χ0n) is 11.0. The molecule has 2 heterocycles. The third-order valence-corrected chi connectivity index (χ3v) is 3.68. The van der Waals surface area contributed by atoms with E-state index in [0.29, 0.717) is 6.42 Å². The molecule has 0 radical (unpaired) electrons. The minimum atomic E-state index is -1.37. The first-order valence-corrected chi connectivity index (χ1v) is 6.94. The van der Waals surface area contributed by atoms with Gasteiger partial charge in [-0.1, -0.05) is 6.92 Å². The first-order chi connectivity index (χ1) is 10.0. The SMILES string of the molecule is CCC(Nc1cc(C(=O)O)c([N+](=O)[O-])cn1)c1nccs1. The van der Waals surface area contributed by atoms with Gasteiger partial charge in [-0.25, -0.2) is 14.8 Å². The van der Waals surface area contributed by atoms with Gasteiger partial charge in [-0.15, -0.1) is 11.3 Å². The second-order valence-electron chi connectivity index (χ2n) is 4.12. The van der Waals surface area contributed by atoms with Crippen molar-refractivity contribution in [1.29, 1.82) is 0 Å². The Kier molecular flexibility index (Phi) is 4.43. The average molecular weight is 308 g/mol. The fraction of sp³-hybridized carbons (Fsp3) is 0.250. The van der Waals surface area contributed by atoms with Gasteiger partial charge in [0.1, 0.15) is 22.6 Å². The van der Waals surface area contributed by atoms with Crippen LogP contribution in [0.5, 0.6) is 0 Å². The number of nitrogens with zero attached hydrogens (tertiary/aromatic N) is 3. The van der Waals surface area contributed by atoms with Crippen LogP contribution in [0.25, 0.3) is 0 Å². The fourth-order valence-corrected chi connectivity index (χ4v) is 2.54. The first-order valence-electron chi connectivity index (χ1n) is 6.06. The normalized spacial score (nSPS) is 11.9. The van der Waals surface area contributed by atoms with Gasteiger partial charge in [0.15, 0.2) is 0 Å². The number of carboxylic acids is 1. The van der Waals surface area contributed by atoms with Crippen LogP contribution in [-0.4, -0.2) is 26.0 Å². The van der Waals surface area contributed by atoms with Crippen LogP contribution in [0.4, 0.5) is 11.5 Å². The van der Waals surface area contributed by atoms with Crippen LogP contribution < -0.4 is 5.32 Å². The van der Waals surface area contributed by atoms with E-state index >= 15 is 0 Å². The van der Waals surface area contributed by atoms with Crippen molar-refractivity contribution in [2.45, 2.75) is 19.4 Å². The van der Waals surface area contributed by atoms with E-state index in [1.54, 1.807) is 6.20 Å². The number of carbonyl (C=O) groups is 1. The van der Waals surface area contributed by atoms with E-state index in [1.165, 1.54) is 11.3 Å². The summed E-state index contributed by atoms with van der Waals surface area (Å²) in [5, 5.41) is 25.5. The smallest absolute Gasteiger partial charge is 0.342 e. The lowest BCUT2D eigenvalue weighted by Gasteiger charge is -2.15. The highest BCUT2D eigenvalue weighted by atomic mass is 32.1. The van der Waals surface area contributed by atoms with Crippen molar-refractivity contribution in [2.75, 3.05) is 5.32 Å². The number of aromatic carboxylic acids is 1. The van der Waals surface area contributed by atoms with Crippen molar-refractivity contribution in [3.63, 3.8) is 0 Å². The second kappa shape index (κ2) is 6.27. The van der Waals surface area contributed by atoms with Crippen LogP contribution in [0.3, 0.4) is 0 Å². The van der Waals surface area contributed by atoms with Crippen molar-refractivity contribution in [3.05, 3.63) is 44.5 Å². The zero-order chi connectivity index (χ0) is 15.4. The molecule has 2 aromatic heterocycles. The molecule has 0 saturated heterocycles. The van der Waals surface area contributed by atoms with Crippen molar-refractivity contribution in [2.24, 2.45) is 0 Å². The summed E-state index contributed by atoms with van der Waals surface area (Å²) in [6, 6.07) is 1.04. The lowest BCUT2D eigenvalue weighted by Crippen LogP contribution is -2.12. The van der Waals surface area contributed by atoms with Crippen LogP contribution in [0.15, 0.2) is 23.8 Å². The van der Waals surface area contributed by atoms with Crippen LogP contribution >= 0.6 is 11.3 Å². The van der Waals surface area contributed by atoms with Gasteiger partial charge >= 0.3 is 11.7 Å². The molecule has 0 aliphatic carbocycles. The maximum Gasteiger partial charge on any atom is 0.342 e. The van der Waals surface area contributed by atoms with Crippen molar-refractivity contribution >= 4 is 28.8 Å². The molecule has 9 heteroatoms. The third-order valence-electron chi connectivity index (χ3n) is 2.79. The summed E-state index contributed by atoms with van der Waals surface area (Å²) in [4.78, 5) is 29.2. The molecule has 0 fully saturated rings. The largest absolute Gasteiger partial charge is 0.477 e. The van der Waals surface area contributed by atoms with E-state index < -0.39 is 22.1 Å². The summed E-state index contributed by atoms with van der Waals surface area (Å²) in [6.07, 6.45) is 3.34. The molecule has 0 spiro atoms. The Hall–Kier alpha value is -2.55. The molecule has 0 bridgehead atoms. The van der Waals surface area contributed by atoms with Crippen LogP contribution in [-0.2, 0) is 0 Å². The second-order valence-corrected chi connectivity index (χ2v) is 5.05. The highest BCUT2D eigenvalue weighted by Gasteiger charge is 2.22. The summed E-state index contributed by atoms with van der Waals surface area (Å²) in [5.41, 5.74) is -0.929. The van der Waals surface area contributed by atoms with E-state index in [9.17, 15) is 14.9 Å². The molecule has 21 heavy (non-hydrogen) atoms. The molecule has 1 atom stereocenters. The molecular weight excluding hydrogens is 296 g/mol. The molecule has 0 amide bonds. The molecule has 0 aliphatic rings. The van der Waals surface area contributed by atoms with Gasteiger partial charge in [-0.05, 0) is 6.42 Å². The molecule has 1 unspecified atom stereocenters. The number of nitrogens with one attached hydrogen (secondary N) is 1. The first kappa shape index (κ1) is 14.9. The standard InChI is InChI=1S/C12H12N4O4S/c1-2-8(11-13-3-4-21-11)15-10-5-7(12(17)18)9(6-14-10)16(19)20/h3-6,8H,2H2,1H3,(H,14,15)(H,17,18). The van der Waals surface area contributed by atoms with Crippen LogP contribution in [0, 0.1) is 10.1 Å². The Labute approximate surface area is 123 Å². The van der Waals surface area contributed by atoms with Gasteiger partial charge in [-0.2, -0.15) is 0 Å². The summed E-state index contributed by atoms with van der Waals surface area (Å²) < 4.78 is 0. The highest BCUT2D eigenvalue weighted by molar-refractivity contribution is 7.09. The number of thiazole rings is 1. The zero-order valence-corrected chi connectivity index (χ0v) is 11.8. The van der Waals surface area contributed by atoms with Gasteiger partial charge in [-0.3, -0.25) is 10.1 Å². The van der Waals surface area contributed by atoms with Crippen molar-refractivity contribution in [3.8, 4) is 0 Å². The number of carboxylic acid groups (broad SMARTS) is 1. The van der Waals surface area contributed by atoms with Gasteiger partial charge in [0, 0.05) is 17.6 Å². The van der Waals surface area contributed by atoms with Gasteiger partial charge in [0.25, 0.3) is 0 Å². The summed E-state index contributed by atoms with van der Waals surface area (Å²) in [6.45, 7) is 1.95. The predicted octanol–water partition coefficient (Wildman–Crippen LogP) is 2.71. The van der Waals surface area contributed by atoms with Gasteiger partial charge in [0.05, 0.1) is 11.0 Å². The average Bonchev–Trinajstić information content (AvgIpc) is 2.98. The molecule has 0 aliphatic heterocycles. The summed E-state index contributed by atoms with van der Waals surface area (Å²) in [5.74, 6) is -1.10. The highest BCUT2D eigenvalue weighted by Crippen LogP contribution is 2.26. The van der Waals surface area contributed by atoms with E-state index in [1.807, 2.05) is 12.3 Å². The molecule has 0 aromatic carbocycles. The van der Waals surface area contributed by atoms with Crippen molar-refractivity contribution in [1.82, 2.24) is 9.97 Å². The Morgan fingerprint density at radius 3 is 2.86 bits per heavy atom. The van der Waals surface area contributed by atoms with Crippen molar-refractivity contribution < 1.29 is 14.8 Å². The Bertz CT molecular complexity index is 659. The predicted molar refractivity (Wildman–Crippen MR) is 76.6 cm³/mol. The van der Waals surface area contributed by atoms with E-state index in [4.69, 9.17) is 5.11 Å². The lowest BCUT2D eigenvalue weighted by atomic mass is 10.2. The lowest BCUT2D eigenvalue weighted by molar-refractivity contribution is -0.385. The van der Waals surface area contributed by atoms with E-state index in [-0.39, 0.29) is 11.9 Å². The van der Waals surface area contributed by atoms with E-state index in [0.717, 1.165) is 17.3 Å². The maximum atomic E-state index is 11.1. The molecule has 110 valence electrons. The minimum Gasteiger partial charge on any atom is -0.477 e. The molecule has 2 N–H and O–H groups in total. The molecule has 2 rings (SSSR count). The summed E-state index contributed by atoms with van der Waals surface area (Å²) in [7, 11) is 0. The molecule has 0 saturated carbocycles. The minimum absolute atomic E-state index is 0.124. The number of hydrogen-bond acceptors (Lipinski definition) is 7. The summed E-state index contributed by atoms with van der Waals surface area (Å²) >= 11 is 1.47. The fourth-order valence-electron chi connectivity index (χ4n) is 1.77. The Morgan fingerprint density at radius 1 is 1.57 bits per heavy atom. The monoisotopic (exact) mass is 308 g/mol. The van der Waals surface area contributed by atoms with E-state index in [2.05, 4.69) is 15.3 Å². The quantitative estimate of drug-likeness (QED) is 0.622. The molecule has 8 nitrogen and oxygen atoms in total. The number of pyridine rings is 1. The Balaban J connectivity index is 2.30. The third kappa shape index (κ3) is 3.31. The van der Waals surface area contributed by atoms with Crippen LogP contribution in [0.2, 0.25) is 0 Å². The Morgan fingerprint density at radius 2 is 2.33 bits per heavy atom. The number of nitro groups is 1. The number of anilines is 1. The molecular formula is C12H12N4O4S. The van der Waals surface area contributed by atoms with Gasteiger partial charge in [0.2, 0.25) is 0 Å². The van der Waals surface area contributed by atoms with Crippen LogP contribution in [0.1, 0.15) is 34.8 Å². The number of aromatic nitrogens is 2. The number of hydrogen-bond donors (Lipinski definition) is 2.